The van der Waals surface area contributed by atoms with Crippen molar-refractivity contribution < 1.29 is 0 Å². The minimum atomic E-state index is 0.391. The van der Waals surface area contributed by atoms with E-state index in [1.165, 1.54) is 19.8 Å². The highest BCUT2D eigenvalue weighted by atomic mass is 79.9. The van der Waals surface area contributed by atoms with Gasteiger partial charge < -0.3 is 5.73 Å². The number of hydrogen-bond acceptors (Lipinski definition) is 3. The second-order valence-electron chi connectivity index (χ2n) is 4.17. The van der Waals surface area contributed by atoms with E-state index in [0.717, 1.165) is 5.75 Å². The van der Waals surface area contributed by atoms with Gasteiger partial charge in [0.25, 0.3) is 0 Å². The SMILES string of the molecule is Cc1cccc(CSC(CN)c2ccc(Br)s2)c1. The van der Waals surface area contributed by atoms with Gasteiger partial charge in [0, 0.05) is 17.2 Å². The van der Waals surface area contributed by atoms with Crippen LogP contribution in [0.4, 0.5) is 0 Å². The Balaban J connectivity index is 1.99. The fourth-order valence-corrected chi connectivity index (χ4v) is 4.48. The highest BCUT2D eigenvalue weighted by molar-refractivity contribution is 9.11. The van der Waals surface area contributed by atoms with E-state index < -0.39 is 0 Å². The Morgan fingerprint density at radius 3 is 2.78 bits per heavy atom. The molecule has 0 saturated heterocycles. The van der Waals surface area contributed by atoms with Crippen molar-refractivity contribution in [1.82, 2.24) is 0 Å². The molecule has 0 spiro atoms. The average Bonchev–Trinajstić information content (AvgIpc) is 2.77. The first-order valence-electron chi connectivity index (χ1n) is 5.81. The van der Waals surface area contributed by atoms with Crippen LogP contribution in [0.3, 0.4) is 0 Å². The zero-order valence-corrected chi connectivity index (χ0v) is 13.4. The average molecular weight is 342 g/mol. The Kier molecular flexibility index (Phi) is 5.30. The second-order valence-corrected chi connectivity index (χ2v) is 7.85. The van der Waals surface area contributed by atoms with E-state index in [1.807, 2.05) is 11.8 Å². The number of hydrogen-bond donors (Lipinski definition) is 1. The second kappa shape index (κ2) is 6.75. The molecule has 0 aliphatic heterocycles. The maximum atomic E-state index is 5.88. The van der Waals surface area contributed by atoms with Crippen LogP contribution in [0.1, 0.15) is 21.3 Å². The largest absolute Gasteiger partial charge is 0.329 e. The summed E-state index contributed by atoms with van der Waals surface area (Å²) >= 11 is 7.19. The predicted octanol–water partition coefficient (Wildman–Crippen LogP) is 4.75. The summed E-state index contributed by atoms with van der Waals surface area (Å²) in [4.78, 5) is 1.35. The van der Waals surface area contributed by atoms with Crippen LogP contribution in [0.5, 0.6) is 0 Å². The minimum absolute atomic E-state index is 0.391. The number of aryl methyl sites for hydroxylation is 1. The van der Waals surface area contributed by atoms with Crippen LogP contribution in [-0.4, -0.2) is 6.54 Å². The van der Waals surface area contributed by atoms with Crippen LogP contribution < -0.4 is 5.73 Å². The molecule has 1 nitrogen and oxygen atoms in total. The molecule has 0 fully saturated rings. The van der Waals surface area contributed by atoms with Gasteiger partial charge in [-0.25, -0.2) is 0 Å². The molecule has 0 radical (unpaired) electrons. The predicted molar refractivity (Wildman–Crippen MR) is 86.3 cm³/mol. The van der Waals surface area contributed by atoms with E-state index in [1.54, 1.807) is 11.3 Å². The molecule has 0 aliphatic carbocycles. The summed E-state index contributed by atoms with van der Waals surface area (Å²) in [6.45, 7) is 2.81. The molecule has 18 heavy (non-hydrogen) atoms. The first kappa shape index (κ1) is 14.1. The maximum absolute atomic E-state index is 5.88. The molecule has 2 N–H and O–H groups in total. The van der Waals surface area contributed by atoms with E-state index >= 15 is 0 Å². The quantitative estimate of drug-likeness (QED) is 0.848. The van der Waals surface area contributed by atoms with Crippen molar-refractivity contribution in [1.29, 1.82) is 0 Å². The van der Waals surface area contributed by atoms with Crippen LogP contribution in [0.25, 0.3) is 0 Å². The molecule has 1 unspecified atom stereocenters. The van der Waals surface area contributed by atoms with Crippen LogP contribution >= 0.6 is 39.0 Å². The lowest BCUT2D eigenvalue weighted by atomic mass is 10.2. The highest BCUT2D eigenvalue weighted by Crippen LogP contribution is 2.36. The van der Waals surface area contributed by atoms with Crippen molar-refractivity contribution >= 4 is 39.0 Å². The van der Waals surface area contributed by atoms with Gasteiger partial charge in [-0.2, -0.15) is 0 Å². The summed E-state index contributed by atoms with van der Waals surface area (Å²) in [7, 11) is 0. The van der Waals surface area contributed by atoms with Gasteiger partial charge in [0.2, 0.25) is 0 Å². The molecule has 0 amide bonds. The Hall–Kier alpha value is -0.290. The summed E-state index contributed by atoms with van der Waals surface area (Å²) in [5.74, 6) is 1.01. The van der Waals surface area contributed by atoms with E-state index in [-0.39, 0.29) is 0 Å². The third kappa shape index (κ3) is 3.85. The molecule has 1 aromatic heterocycles. The van der Waals surface area contributed by atoms with Crippen molar-refractivity contribution in [2.75, 3.05) is 6.54 Å². The topological polar surface area (TPSA) is 26.0 Å². The lowest BCUT2D eigenvalue weighted by Crippen LogP contribution is -2.08. The smallest absolute Gasteiger partial charge is 0.0701 e. The van der Waals surface area contributed by atoms with Crippen LogP contribution in [0.2, 0.25) is 0 Å². The lowest BCUT2D eigenvalue weighted by molar-refractivity contribution is 0.959. The summed E-state index contributed by atoms with van der Waals surface area (Å²) in [5, 5.41) is 0.391. The van der Waals surface area contributed by atoms with Crippen molar-refractivity contribution in [2.24, 2.45) is 5.73 Å². The van der Waals surface area contributed by atoms with E-state index in [2.05, 4.69) is 59.3 Å². The Bertz CT molecular complexity index is 510. The van der Waals surface area contributed by atoms with Gasteiger partial charge in [-0.05, 0) is 40.5 Å². The molecule has 0 aliphatic rings. The van der Waals surface area contributed by atoms with E-state index in [9.17, 15) is 0 Å². The molecule has 4 heteroatoms. The van der Waals surface area contributed by atoms with E-state index in [4.69, 9.17) is 5.73 Å². The number of thioether (sulfide) groups is 1. The van der Waals surface area contributed by atoms with E-state index in [0.29, 0.717) is 11.8 Å². The molecule has 2 rings (SSSR count). The zero-order chi connectivity index (χ0) is 13.0. The standard InChI is InChI=1S/C14H16BrNS2/c1-10-3-2-4-11(7-10)9-17-13(8-16)12-5-6-14(15)18-12/h2-7,13H,8-9,16H2,1H3. The number of rotatable bonds is 5. The number of nitrogens with two attached hydrogens (primary N) is 1. The molecule has 1 heterocycles. The summed E-state index contributed by atoms with van der Waals surface area (Å²) in [6, 6.07) is 12.9. The van der Waals surface area contributed by atoms with Gasteiger partial charge in [0.05, 0.1) is 9.04 Å². The fourth-order valence-electron chi connectivity index (χ4n) is 1.77. The molecular formula is C14H16BrNS2. The molecular weight excluding hydrogens is 326 g/mol. The van der Waals surface area contributed by atoms with Crippen LogP contribution in [-0.2, 0) is 5.75 Å². The van der Waals surface area contributed by atoms with Gasteiger partial charge in [0.1, 0.15) is 0 Å². The third-order valence-electron chi connectivity index (χ3n) is 2.66. The fraction of sp³-hybridized carbons (Fsp3) is 0.286. The molecule has 96 valence electrons. The molecule has 1 aromatic carbocycles. The first-order valence-corrected chi connectivity index (χ1v) is 8.47. The van der Waals surface area contributed by atoms with Gasteiger partial charge in [0.15, 0.2) is 0 Å². The number of benzene rings is 1. The highest BCUT2D eigenvalue weighted by Gasteiger charge is 2.12. The zero-order valence-electron chi connectivity index (χ0n) is 10.2. The Labute approximate surface area is 125 Å². The normalized spacial score (nSPS) is 12.6. The maximum Gasteiger partial charge on any atom is 0.0701 e. The summed E-state index contributed by atoms with van der Waals surface area (Å²) < 4.78 is 1.17. The first-order chi connectivity index (χ1) is 8.69. The van der Waals surface area contributed by atoms with Crippen molar-refractivity contribution in [3.05, 3.63) is 56.2 Å². The third-order valence-corrected chi connectivity index (χ3v) is 5.89. The Morgan fingerprint density at radius 2 is 2.17 bits per heavy atom. The molecule has 0 bridgehead atoms. The van der Waals surface area contributed by atoms with Crippen molar-refractivity contribution in [2.45, 2.75) is 17.9 Å². The van der Waals surface area contributed by atoms with Crippen LogP contribution in [0, 0.1) is 6.92 Å². The van der Waals surface area contributed by atoms with Crippen molar-refractivity contribution in [3.63, 3.8) is 0 Å². The summed E-state index contributed by atoms with van der Waals surface area (Å²) in [5.41, 5.74) is 8.56. The van der Waals surface area contributed by atoms with Crippen molar-refractivity contribution in [3.8, 4) is 0 Å². The monoisotopic (exact) mass is 341 g/mol. The van der Waals surface area contributed by atoms with Crippen LogP contribution in [0.15, 0.2) is 40.2 Å². The minimum Gasteiger partial charge on any atom is -0.329 e. The van der Waals surface area contributed by atoms with Gasteiger partial charge in [-0.1, -0.05) is 29.8 Å². The van der Waals surface area contributed by atoms with Gasteiger partial charge in [-0.15, -0.1) is 23.1 Å². The lowest BCUT2D eigenvalue weighted by Gasteiger charge is -2.12. The van der Waals surface area contributed by atoms with Gasteiger partial charge >= 0.3 is 0 Å². The molecule has 0 saturated carbocycles. The summed E-state index contributed by atoms with van der Waals surface area (Å²) in [6.07, 6.45) is 0. The number of halogens is 1. The number of thiophene rings is 1. The van der Waals surface area contributed by atoms with Gasteiger partial charge in [-0.3, -0.25) is 0 Å². The Morgan fingerprint density at radius 1 is 1.33 bits per heavy atom. The molecule has 2 aromatic rings. The molecule has 1 atom stereocenters.